The number of nitrogens with zero attached hydrogens (tertiary/aromatic N) is 2. The maximum atomic E-state index is 14.4. The van der Waals surface area contributed by atoms with Gasteiger partial charge in [0.05, 0.1) is 10.9 Å². The zero-order valence-electron chi connectivity index (χ0n) is 18.3. The number of aryl methyl sites for hydroxylation is 1. The molecule has 0 unspecified atom stereocenters. The van der Waals surface area contributed by atoms with Crippen LogP contribution in [0.15, 0.2) is 35.5 Å². The van der Waals surface area contributed by atoms with Gasteiger partial charge in [0, 0.05) is 12.7 Å². The number of hydrogen-bond acceptors (Lipinski definition) is 5. The smallest absolute Gasteiger partial charge is 0.422 e. The highest BCUT2D eigenvalue weighted by Crippen LogP contribution is 2.36. The number of amides is 1. The van der Waals surface area contributed by atoms with Gasteiger partial charge < -0.3 is 15.8 Å². The standard InChI is InChI=1S/C21H22F6N4O2S/c1-11-6-14(33-10-21(25,26)27)9-30-16(11)17(32)31-13-4-5-15(22)12(7-13)8-20(2,18(23)24)34-19(28)29-3/h4-7,9,18H,8,10H2,1-3H3,(H2,28,29)(H,31,32)/t20-/m1/s1. The first-order valence-electron chi connectivity index (χ1n) is 9.69. The molecular formula is C21H22F6N4O2S. The average Bonchev–Trinajstić information content (AvgIpc) is 2.73. The number of anilines is 1. The highest BCUT2D eigenvalue weighted by Gasteiger charge is 2.38. The molecule has 0 aliphatic rings. The maximum Gasteiger partial charge on any atom is 0.422 e. The molecule has 2 rings (SSSR count). The zero-order chi connectivity index (χ0) is 25.7. The van der Waals surface area contributed by atoms with E-state index in [0.29, 0.717) is 11.8 Å². The molecule has 1 heterocycles. The van der Waals surface area contributed by atoms with E-state index >= 15 is 0 Å². The van der Waals surface area contributed by atoms with Crippen LogP contribution in [0.4, 0.5) is 32.0 Å². The molecule has 0 saturated carbocycles. The number of amidine groups is 1. The lowest BCUT2D eigenvalue weighted by Crippen LogP contribution is -2.36. The molecule has 1 aromatic heterocycles. The highest BCUT2D eigenvalue weighted by molar-refractivity contribution is 8.15. The van der Waals surface area contributed by atoms with Crippen molar-refractivity contribution in [3.63, 3.8) is 0 Å². The number of alkyl halides is 5. The molecule has 1 atom stereocenters. The third-order valence-corrected chi connectivity index (χ3v) is 5.72. The van der Waals surface area contributed by atoms with E-state index in [-0.39, 0.29) is 33.4 Å². The minimum Gasteiger partial charge on any atom is -0.482 e. The molecule has 0 radical (unpaired) electrons. The van der Waals surface area contributed by atoms with Crippen molar-refractivity contribution in [2.45, 2.75) is 37.6 Å². The number of nitrogens with one attached hydrogen (secondary N) is 1. The van der Waals surface area contributed by atoms with Gasteiger partial charge in [0.25, 0.3) is 12.3 Å². The van der Waals surface area contributed by atoms with Crippen molar-refractivity contribution >= 4 is 28.5 Å². The summed E-state index contributed by atoms with van der Waals surface area (Å²) in [5.74, 6) is -1.65. The minimum atomic E-state index is -4.53. The van der Waals surface area contributed by atoms with Crippen molar-refractivity contribution in [3.05, 3.63) is 53.1 Å². The van der Waals surface area contributed by atoms with Gasteiger partial charge in [-0.1, -0.05) is 11.8 Å². The first-order valence-corrected chi connectivity index (χ1v) is 10.5. The Morgan fingerprint density at radius 3 is 2.53 bits per heavy atom. The molecule has 1 aromatic carbocycles. The summed E-state index contributed by atoms with van der Waals surface area (Å²) >= 11 is 0.615. The monoisotopic (exact) mass is 508 g/mol. The van der Waals surface area contributed by atoms with E-state index in [0.717, 1.165) is 12.3 Å². The van der Waals surface area contributed by atoms with Crippen LogP contribution in [0.3, 0.4) is 0 Å². The number of benzene rings is 1. The number of nitrogens with two attached hydrogens (primary N) is 1. The fraction of sp³-hybridized carbons (Fsp3) is 0.381. The number of aliphatic imine (C=N–C) groups is 1. The van der Waals surface area contributed by atoms with Crippen molar-refractivity contribution in [1.29, 1.82) is 0 Å². The summed E-state index contributed by atoms with van der Waals surface area (Å²) in [7, 11) is 1.34. The lowest BCUT2D eigenvalue weighted by molar-refractivity contribution is -0.153. The van der Waals surface area contributed by atoms with Gasteiger partial charge in [0.2, 0.25) is 0 Å². The molecule has 34 heavy (non-hydrogen) atoms. The van der Waals surface area contributed by atoms with Crippen LogP contribution in [0.5, 0.6) is 5.75 Å². The van der Waals surface area contributed by atoms with E-state index in [4.69, 9.17) is 5.73 Å². The molecule has 0 bridgehead atoms. The van der Waals surface area contributed by atoms with Gasteiger partial charge in [0.1, 0.15) is 17.3 Å². The van der Waals surface area contributed by atoms with Crippen LogP contribution >= 0.6 is 11.8 Å². The fourth-order valence-corrected chi connectivity index (χ4v) is 3.72. The van der Waals surface area contributed by atoms with Gasteiger partial charge in [-0.05, 0) is 55.7 Å². The average molecular weight is 508 g/mol. The summed E-state index contributed by atoms with van der Waals surface area (Å²) in [5.41, 5.74) is 5.72. The lowest BCUT2D eigenvalue weighted by Gasteiger charge is -2.28. The summed E-state index contributed by atoms with van der Waals surface area (Å²) in [6, 6.07) is 4.69. The van der Waals surface area contributed by atoms with E-state index < -0.39 is 42.1 Å². The molecule has 0 fully saturated rings. The van der Waals surface area contributed by atoms with E-state index in [9.17, 15) is 31.1 Å². The van der Waals surface area contributed by atoms with Crippen LogP contribution < -0.4 is 15.8 Å². The Bertz CT molecular complexity index is 1060. The Kier molecular flexibility index (Phi) is 8.81. The van der Waals surface area contributed by atoms with Crippen LogP contribution in [0.2, 0.25) is 0 Å². The van der Waals surface area contributed by atoms with Crippen LogP contribution in [-0.2, 0) is 6.42 Å². The molecule has 13 heteroatoms. The van der Waals surface area contributed by atoms with Crippen LogP contribution in [0.25, 0.3) is 0 Å². The molecule has 0 spiro atoms. The van der Waals surface area contributed by atoms with Crippen molar-refractivity contribution in [2.75, 3.05) is 19.0 Å². The first kappa shape index (κ1) is 27.3. The number of carbonyl (C=O) groups excluding carboxylic acids is 1. The van der Waals surface area contributed by atoms with Crippen LogP contribution in [0.1, 0.15) is 28.5 Å². The topological polar surface area (TPSA) is 89.6 Å². The number of carbonyl (C=O) groups is 1. The van der Waals surface area contributed by atoms with E-state index in [1.165, 1.54) is 39.1 Å². The summed E-state index contributed by atoms with van der Waals surface area (Å²) in [5, 5.41) is 2.39. The number of halogens is 6. The third kappa shape index (κ3) is 7.54. The highest BCUT2D eigenvalue weighted by atomic mass is 32.2. The van der Waals surface area contributed by atoms with Gasteiger partial charge in [-0.25, -0.2) is 18.2 Å². The first-order chi connectivity index (χ1) is 15.7. The van der Waals surface area contributed by atoms with Crippen molar-refractivity contribution in [2.24, 2.45) is 10.7 Å². The fourth-order valence-electron chi connectivity index (χ4n) is 2.83. The summed E-state index contributed by atoms with van der Waals surface area (Å²) in [6.45, 7) is 1.16. The Hall–Kier alpha value is -2.96. The van der Waals surface area contributed by atoms with E-state index in [1.54, 1.807) is 0 Å². The third-order valence-electron chi connectivity index (χ3n) is 4.54. The maximum absolute atomic E-state index is 14.4. The quantitative estimate of drug-likeness (QED) is 0.299. The number of rotatable bonds is 8. The lowest BCUT2D eigenvalue weighted by atomic mass is 9.99. The van der Waals surface area contributed by atoms with Crippen LogP contribution in [-0.4, -0.2) is 47.1 Å². The summed E-state index contributed by atoms with van der Waals surface area (Å²) < 4.78 is 81.5. The second-order valence-electron chi connectivity index (χ2n) is 7.45. The predicted molar refractivity (Wildman–Crippen MR) is 118 cm³/mol. The molecular weight excluding hydrogens is 486 g/mol. The molecule has 6 nitrogen and oxygen atoms in total. The second-order valence-corrected chi connectivity index (χ2v) is 9.01. The number of ether oxygens (including phenoxy) is 1. The minimum absolute atomic E-state index is 0.0856. The second kappa shape index (κ2) is 11.0. The Morgan fingerprint density at radius 2 is 1.97 bits per heavy atom. The van der Waals surface area contributed by atoms with Crippen LogP contribution in [0, 0.1) is 12.7 Å². The van der Waals surface area contributed by atoms with Gasteiger partial charge in [-0.15, -0.1) is 0 Å². The van der Waals surface area contributed by atoms with Crippen molar-refractivity contribution in [3.8, 4) is 5.75 Å². The van der Waals surface area contributed by atoms with Gasteiger partial charge in [-0.2, -0.15) is 13.2 Å². The zero-order valence-corrected chi connectivity index (χ0v) is 19.2. The van der Waals surface area contributed by atoms with Gasteiger partial charge >= 0.3 is 6.18 Å². The Labute approximate surface area is 196 Å². The van der Waals surface area contributed by atoms with Crippen molar-refractivity contribution in [1.82, 2.24) is 4.98 Å². The molecule has 0 saturated heterocycles. The molecule has 3 N–H and O–H groups in total. The molecule has 0 aliphatic carbocycles. The number of hydrogen-bond donors (Lipinski definition) is 2. The molecule has 0 aliphatic heterocycles. The SMILES string of the molecule is C/N=C(/N)S[C@](C)(Cc1cc(NC(=O)c2ncc(OCC(F)(F)F)cc2C)ccc1F)C(F)F. The Balaban J connectivity index is 2.20. The van der Waals surface area contributed by atoms with E-state index in [2.05, 4.69) is 20.0 Å². The predicted octanol–water partition coefficient (Wildman–Crippen LogP) is 4.97. The van der Waals surface area contributed by atoms with Gasteiger partial charge in [-0.3, -0.25) is 9.79 Å². The molecule has 2 aromatic rings. The number of aromatic nitrogens is 1. The van der Waals surface area contributed by atoms with Crippen molar-refractivity contribution < 1.29 is 35.9 Å². The van der Waals surface area contributed by atoms with Gasteiger partial charge in [0.15, 0.2) is 11.8 Å². The molecule has 1 amide bonds. The Morgan fingerprint density at radius 1 is 1.29 bits per heavy atom. The molecule has 186 valence electrons. The number of thioether (sulfide) groups is 1. The van der Waals surface area contributed by atoms with E-state index in [1.807, 2.05) is 0 Å². The largest absolute Gasteiger partial charge is 0.482 e. The summed E-state index contributed by atoms with van der Waals surface area (Å²) in [4.78, 5) is 20.1. The summed E-state index contributed by atoms with van der Waals surface area (Å²) in [6.07, 6.45) is -6.84. The normalized spacial score (nSPS) is 14.1. The number of pyridine rings is 1.